The van der Waals surface area contributed by atoms with Crippen molar-refractivity contribution in [2.75, 3.05) is 13.2 Å². The van der Waals surface area contributed by atoms with Gasteiger partial charge in [-0.2, -0.15) is 0 Å². The van der Waals surface area contributed by atoms with E-state index in [1.165, 1.54) is 6.07 Å². The van der Waals surface area contributed by atoms with Gasteiger partial charge in [0.15, 0.2) is 0 Å². The van der Waals surface area contributed by atoms with E-state index in [4.69, 9.17) is 15.3 Å². The number of esters is 1. The molecule has 0 saturated heterocycles. The van der Waals surface area contributed by atoms with Crippen LogP contribution in [0, 0.1) is 5.82 Å². The van der Waals surface area contributed by atoms with Crippen LogP contribution in [0.15, 0.2) is 29.4 Å². The fourth-order valence-electron chi connectivity index (χ4n) is 2.14. The molecule has 0 aromatic heterocycles. The molecule has 0 amide bonds. The number of oxime groups is 1. The van der Waals surface area contributed by atoms with Gasteiger partial charge in [0.1, 0.15) is 5.82 Å². The number of nitrogens with two attached hydrogens (primary N) is 1. The van der Waals surface area contributed by atoms with Crippen molar-refractivity contribution >= 4 is 24.1 Å². The monoisotopic (exact) mass is 316 g/mol. The smallest absolute Gasteiger partial charge is 0.354 e. The highest BCUT2D eigenvalue weighted by Crippen LogP contribution is 2.30. The molecule has 1 unspecified atom stereocenters. The summed E-state index contributed by atoms with van der Waals surface area (Å²) in [5, 5.41) is 3.81. The molecule has 0 spiro atoms. The summed E-state index contributed by atoms with van der Waals surface area (Å²) in [6.07, 6.45) is 0.280. The van der Waals surface area contributed by atoms with Crippen LogP contribution in [0.25, 0.3) is 0 Å². The van der Waals surface area contributed by atoms with E-state index < -0.39 is 11.6 Å². The molecular weight excluding hydrogens is 299 g/mol. The summed E-state index contributed by atoms with van der Waals surface area (Å²) < 4.78 is 18.8. The van der Waals surface area contributed by atoms with Gasteiger partial charge in [-0.3, -0.25) is 0 Å². The summed E-state index contributed by atoms with van der Waals surface area (Å²) in [6, 6.07) is 6.25. The summed E-state index contributed by atoms with van der Waals surface area (Å²) in [7, 11) is 0. The van der Waals surface area contributed by atoms with Gasteiger partial charge in [-0.15, -0.1) is 12.4 Å². The number of hydrogen-bond donors (Lipinski definition) is 1. The molecule has 116 valence electrons. The second-order valence-corrected chi connectivity index (χ2v) is 4.61. The fraction of sp³-hybridized carbons (Fsp3) is 0.429. The van der Waals surface area contributed by atoms with Crippen LogP contribution in [0.5, 0.6) is 0 Å². The topological polar surface area (TPSA) is 73.9 Å². The minimum atomic E-state index is -1.31. The van der Waals surface area contributed by atoms with E-state index in [-0.39, 0.29) is 44.2 Å². The van der Waals surface area contributed by atoms with Gasteiger partial charge in [0.05, 0.1) is 12.3 Å². The molecule has 1 aromatic rings. The van der Waals surface area contributed by atoms with Gasteiger partial charge in [0.2, 0.25) is 5.60 Å². The Labute approximate surface area is 128 Å². The molecular formula is C14H18ClFN2O3. The van der Waals surface area contributed by atoms with Crippen LogP contribution < -0.4 is 5.73 Å². The number of nitrogens with zero attached hydrogens (tertiary/aromatic N) is 1. The fourth-order valence-corrected chi connectivity index (χ4v) is 2.14. The molecule has 1 aliphatic rings. The molecule has 2 rings (SSSR count). The first-order chi connectivity index (χ1) is 9.61. The van der Waals surface area contributed by atoms with Crippen molar-refractivity contribution in [3.8, 4) is 0 Å². The molecule has 5 nitrogen and oxygen atoms in total. The van der Waals surface area contributed by atoms with Gasteiger partial charge in [0, 0.05) is 19.4 Å². The predicted octanol–water partition coefficient (Wildman–Crippen LogP) is 1.83. The van der Waals surface area contributed by atoms with Gasteiger partial charge < -0.3 is 15.3 Å². The van der Waals surface area contributed by atoms with Crippen molar-refractivity contribution in [1.29, 1.82) is 0 Å². The van der Waals surface area contributed by atoms with Gasteiger partial charge in [-0.25, -0.2) is 9.18 Å². The third-order valence-corrected chi connectivity index (χ3v) is 3.16. The number of ether oxygens (including phenoxy) is 1. The quantitative estimate of drug-likeness (QED) is 0.841. The van der Waals surface area contributed by atoms with E-state index in [9.17, 15) is 9.18 Å². The minimum absolute atomic E-state index is 0. The second kappa shape index (κ2) is 7.38. The van der Waals surface area contributed by atoms with Crippen LogP contribution in [0.2, 0.25) is 0 Å². The molecule has 2 N–H and O–H groups in total. The second-order valence-electron chi connectivity index (χ2n) is 4.61. The van der Waals surface area contributed by atoms with Gasteiger partial charge in [0.25, 0.3) is 0 Å². The first kappa shape index (κ1) is 17.4. The molecule has 0 bridgehead atoms. The Bertz CT molecular complexity index is 539. The lowest BCUT2D eigenvalue weighted by Crippen LogP contribution is -2.43. The maximum Gasteiger partial charge on any atom is 0.354 e. The molecule has 0 aliphatic carbocycles. The molecule has 1 heterocycles. The highest BCUT2D eigenvalue weighted by molar-refractivity contribution is 5.94. The normalized spacial score (nSPS) is 20.2. The highest BCUT2D eigenvalue weighted by Gasteiger charge is 2.48. The van der Waals surface area contributed by atoms with E-state index in [0.717, 1.165) is 0 Å². The maximum absolute atomic E-state index is 13.8. The molecule has 1 atom stereocenters. The first-order valence-corrected chi connectivity index (χ1v) is 6.46. The van der Waals surface area contributed by atoms with Crippen molar-refractivity contribution in [3.63, 3.8) is 0 Å². The molecule has 0 saturated carbocycles. The molecule has 21 heavy (non-hydrogen) atoms. The van der Waals surface area contributed by atoms with Crippen LogP contribution in [0.3, 0.4) is 0 Å². The summed E-state index contributed by atoms with van der Waals surface area (Å²) in [5.74, 6) is -0.934. The highest BCUT2D eigenvalue weighted by atomic mass is 35.5. The van der Waals surface area contributed by atoms with E-state index >= 15 is 0 Å². The SMILES string of the molecule is CCOC(=O)C1(Cc2ccccc2F)CC(CN)=NO1.Cl. The number of rotatable bonds is 5. The Kier molecular flexibility index (Phi) is 6.11. The summed E-state index contributed by atoms with van der Waals surface area (Å²) >= 11 is 0. The first-order valence-electron chi connectivity index (χ1n) is 6.46. The Hall–Kier alpha value is -1.66. The largest absolute Gasteiger partial charge is 0.463 e. The van der Waals surface area contributed by atoms with Crippen LogP contribution in [-0.2, 0) is 20.8 Å². The Morgan fingerprint density at radius 3 is 2.81 bits per heavy atom. The minimum Gasteiger partial charge on any atom is -0.463 e. The molecule has 1 aliphatic heterocycles. The average molecular weight is 317 g/mol. The van der Waals surface area contributed by atoms with Crippen LogP contribution >= 0.6 is 12.4 Å². The standard InChI is InChI=1S/C14H17FN2O3.ClH/c1-2-19-13(18)14(8-11(9-16)17-20-14)7-10-5-3-4-6-12(10)15;/h3-6H,2,7-9,16H2,1H3;1H. The molecule has 1 aromatic carbocycles. The summed E-state index contributed by atoms with van der Waals surface area (Å²) in [5.41, 5.74) is 5.15. The van der Waals surface area contributed by atoms with Crippen molar-refractivity contribution in [2.45, 2.75) is 25.4 Å². The number of benzene rings is 1. The van der Waals surface area contributed by atoms with Crippen LogP contribution in [0.1, 0.15) is 18.9 Å². The van der Waals surface area contributed by atoms with Crippen molar-refractivity contribution in [1.82, 2.24) is 0 Å². The Balaban J connectivity index is 0.00000220. The van der Waals surface area contributed by atoms with Crippen LogP contribution in [-0.4, -0.2) is 30.4 Å². The summed E-state index contributed by atoms with van der Waals surface area (Å²) in [6.45, 7) is 2.12. The number of halogens is 2. The summed E-state index contributed by atoms with van der Waals surface area (Å²) in [4.78, 5) is 17.4. The predicted molar refractivity (Wildman–Crippen MR) is 78.9 cm³/mol. The van der Waals surface area contributed by atoms with E-state index in [2.05, 4.69) is 5.16 Å². The molecule has 0 radical (unpaired) electrons. The van der Waals surface area contributed by atoms with Crippen molar-refractivity contribution in [3.05, 3.63) is 35.6 Å². The Morgan fingerprint density at radius 2 is 2.24 bits per heavy atom. The number of carbonyl (C=O) groups is 1. The van der Waals surface area contributed by atoms with Crippen molar-refractivity contribution < 1.29 is 18.8 Å². The number of hydrogen-bond acceptors (Lipinski definition) is 5. The lowest BCUT2D eigenvalue weighted by atomic mass is 9.89. The van der Waals surface area contributed by atoms with E-state index in [0.29, 0.717) is 11.3 Å². The maximum atomic E-state index is 13.8. The zero-order valence-electron chi connectivity index (χ0n) is 11.7. The van der Waals surface area contributed by atoms with E-state index in [1.807, 2.05) is 0 Å². The third kappa shape index (κ3) is 3.71. The average Bonchev–Trinajstić information content (AvgIpc) is 2.86. The third-order valence-electron chi connectivity index (χ3n) is 3.16. The zero-order valence-corrected chi connectivity index (χ0v) is 12.5. The van der Waals surface area contributed by atoms with Gasteiger partial charge in [-0.05, 0) is 18.6 Å². The van der Waals surface area contributed by atoms with Gasteiger partial charge >= 0.3 is 5.97 Å². The zero-order chi connectivity index (χ0) is 14.6. The molecule has 0 fully saturated rings. The van der Waals surface area contributed by atoms with Gasteiger partial charge in [-0.1, -0.05) is 23.4 Å². The van der Waals surface area contributed by atoms with E-state index in [1.54, 1.807) is 25.1 Å². The molecule has 7 heteroatoms. The van der Waals surface area contributed by atoms with Crippen molar-refractivity contribution in [2.24, 2.45) is 10.9 Å². The lowest BCUT2D eigenvalue weighted by molar-refractivity contribution is -0.169. The van der Waals surface area contributed by atoms with Crippen LogP contribution in [0.4, 0.5) is 4.39 Å². The Morgan fingerprint density at radius 1 is 1.52 bits per heavy atom. The lowest BCUT2D eigenvalue weighted by Gasteiger charge is -2.24. The number of carbonyl (C=O) groups excluding carboxylic acids is 1.